The van der Waals surface area contributed by atoms with Crippen LogP contribution in [0.3, 0.4) is 0 Å². The lowest BCUT2D eigenvalue weighted by atomic mass is 10.1. The molecule has 2 heterocycles. The van der Waals surface area contributed by atoms with E-state index in [0.717, 1.165) is 17.7 Å². The molecule has 0 unspecified atom stereocenters. The number of nitrogens with one attached hydrogen (secondary N) is 1. The van der Waals surface area contributed by atoms with E-state index < -0.39 is 11.7 Å². The highest BCUT2D eigenvalue weighted by atomic mass is 19.4. The maximum atomic E-state index is 13.0. The Bertz CT molecular complexity index is 1510. The summed E-state index contributed by atoms with van der Waals surface area (Å²) in [7, 11) is 0. The highest BCUT2D eigenvalue weighted by Crippen LogP contribution is 2.32. The van der Waals surface area contributed by atoms with Gasteiger partial charge in [-0.25, -0.2) is 0 Å². The van der Waals surface area contributed by atoms with E-state index >= 15 is 0 Å². The van der Waals surface area contributed by atoms with E-state index in [1.165, 1.54) is 19.1 Å². The van der Waals surface area contributed by atoms with Crippen molar-refractivity contribution in [1.29, 1.82) is 0 Å². The molecule has 1 saturated heterocycles. The first kappa shape index (κ1) is 27.1. The third-order valence-corrected chi connectivity index (χ3v) is 6.57. The summed E-state index contributed by atoms with van der Waals surface area (Å²) in [5, 5.41) is 6.63. The molecule has 0 bridgehead atoms. The van der Waals surface area contributed by atoms with Crippen LogP contribution in [-0.4, -0.2) is 57.9 Å². The van der Waals surface area contributed by atoms with Crippen molar-refractivity contribution >= 4 is 17.5 Å². The zero-order valence-electron chi connectivity index (χ0n) is 21.6. The Labute approximate surface area is 228 Å². The van der Waals surface area contributed by atoms with E-state index in [1.54, 1.807) is 24.3 Å². The number of benzene rings is 3. The number of hydrogen-bond donors (Lipinski definition) is 1. The van der Waals surface area contributed by atoms with Crippen LogP contribution in [0.2, 0.25) is 0 Å². The Hall–Kier alpha value is -4.51. The van der Waals surface area contributed by atoms with Crippen LogP contribution in [0.4, 0.5) is 18.9 Å². The third kappa shape index (κ3) is 6.37. The molecule has 11 heteroatoms. The normalized spacial score (nSPS) is 14.2. The Morgan fingerprint density at radius 2 is 1.65 bits per heavy atom. The van der Waals surface area contributed by atoms with Gasteiger partial charge in [-0.15, -0.1) is 0 Å². The number of amides is 2. The number of halogens is 3. The van der Waals surface area contributed by atoms with Gasteiger partial charge in [-0.05, 0) is 42.0 Å². The van der Waals surface area contributed by atoms with Crippen LogP contribution in [0.25, 0.3) is 22.8 Å². The number of carbonyl (C=O) groups is 2. The molecule has 1 aliphatic heterocycles. The summed E-state index contributed by atoms with van der Waals surface area (Å²) in [6, 6.07) is 19.3. The summed E-state index contributed by atoms with van der Waals surface area (Å²) in [5.74, 6) is 0.0392. The van der Waals surface area contributed by atoms with Crippen LogP contribution in [0, 0.1) is 0 Å². The molecule has 0 atom stereocenters. The van der Waals surface area contributed by atoms with E-state index in [2.05, 4.69) is 20.4 Å². The molecule has 0 saturated carbocycles. The van der Waals surface area contributed by atoms with Crippen LogP contribution >= 0.6 is 0 Å². The van der Waals surface area contributed by atoms with Crippen molar-refractivity contribution in [3.63, 3.8) is 0 Å². The molecule has 5 rings (SSSR count). The van der Waals surface area contributed by atoms with E-state index in [1.807, 2.05) is 29.2 Å². The number of aromatic nitrogens is 2. The quantitative estimate of drug-likeness (QED) is 0.349. The molecule has 8 nitrogen and oxygen atoms in total. The first-order valence-corrected chi connectivity index (χ1v) is 12.7. The van der Waals surface area contributed by atoms with Gasteiger partial charge in [0, 0.05) is 62.0 Å². The molecule has 2 amide bonds. The molecule has 1 N–H and O–H groups in total. The molecule has 3 aromatic carbocycles. The number of carbonyl (C=O) groups excluding carboxylic acids is 2. The molecule has 206 valence electrons. The van der Waals surface area contributed by atoms with Crippen LogP contribution in [0.5, 0.6) is 0 Å². The second kappa shape index (κ2) is 11.3. The average molecular weight is 550 g/mol. The number of piperazine rings is 1. The molecule has 0 spiro atoms. The summed E-state index contributed by atoms with van der Waals surface area (Å²) >= 11 is 0. The predicted molar refractivity (Wildman–Crippen MR) is 142 cm³/mol. The SMILES string of the molecule is CC(=O)Nc1cccc(C(=O)N2CCN(Cc3ccc(-c4noc(-c5cccc(C(F)(F)F)c5)n4)cc3)CC2)c1. The highest BCUT2D eigenvalue weighted by molar-refractivity contribution is 5.96. The molecular formula is C29H26F3N5O3. The van der Waals surface area contributed by atoms with Gasteiger partial charge in [0.1, 0.15) is 0 Å². The van der Waals surface area contributed by atoms with Gasteiger partial charge in [0.2, 0.25) is 11.7 Å². The lowest BCUT2D eigenvalue weighted by molar-refractivity contribution is -0.137. The standard InChI is InChI=1S/C29H26F3N5O3/c1-19(38)33-25-7-3-5-23(17-25)28(39)37-14-12-36(13-15-37)18-20-8-10-21(11-9-20)26-34-27(40-35-26)22-4-2-6-24(16-22)29(30,31)32/h2-11,16-17H,12-15,18H2,1H3,(H,33,38). The van der Waals surface area contributed by atoms with Gasteiger partial charge in [-0.3, -0.25) is 14.5 Å². The van der Waals surface area contributed by atoms with Crippen molar-refractivity contribution in [1.82, 2.24) is 19.9 Å². The van der Waals surface area contributed by atoms with Crippen molar-refractivity contribution in [3.8, 4) is 22.8 Å². The van der Waals surface area contributed by atoms with E-state index in [4.69, 9.17) is 4.52 Å². The smallest absolute Gasteiger partial charge is 0.336 e. The number of hydrogen-bond acceptors (Lipinski definition) is 6. The second-order valence-corrected chi connectivity index (χ2v) is 9.53. The van der Waals surface area contributed by atoms with Crippen LogP contribution < -0.4 is 5.32 Å². The highest BCUT2D eigenvalue weighted by Gasteiger charge is 2.31. The number of rotatable bonds is 6. The molecular weight excluding hydrogens is 523 g/mol. The van der Waals surface area contributed by atoms with E-state index in [9.17, 15) is 22.8 Å². The minimum atomic E-state index is -4.46. The summed E-state index contributed by atoms with van der Waals surface area (Å²) in [6.07, 6.45) is -4.46. The Balaban J connectivity index is 1.17. The molecule has 1 fully saturated rings. The van der Waals surface area contributed by atoms with Crippen LogP contribution in [0.15, 0.2) is 77.3 Å². The lowest BCUT2D eigenvalue weighted by Crippen LogP contribution is -2.48. The largest absolute Gasteiger partial charge is 0.416 e. The van der Waals surface area contributed by atoms with Gasteiger partial charge in [-0.2, -0.15) is 18.2 Å². The maximum Gasteiger partial charge on any atom is 0.416 e. The molecule has 0 radical (unpaired) electrons. The molecule has 0 aliphatic carbocycles. The number of anilines is 1. The monoisotopic (exact) mass is 549 g/mol. The summed E-state index contributed by atoms with van der Waals surface area (Å²) in [4.78, 5) is 32.6. The van der Waals surface area contributed by atoms with Crippen LogP contribution in [0.1, 0.15) is 28.4 Å². The fourth-order valence-electron chi connectivity index (χ4n) is 4.53. The Kier molecular flexibility index (Phi) is 7.65. The van der Waals surface area contributed by atoms with Crippen LogP contribution in [-0.2, 0) is 17.5 Å². The van der Waals surface area contributed by atoms with Crippen molar-refractivity contribution in [3.05, 3.63) is 89.5 Å². The minimum absolute atomic E-state index is 0.0134. The molecule has 1 aromatic heterocycles. The molecule has 40 heavy (non-hydrogen) atoms. The topological polar surface area (TPSA) is 91.6 Å². The fraction of sp³-hybridized carbons (Fsp3) is 0.241. The van der Waals surface area contributed by atoms with E-state index in [-0.39, 0.29) is 29.1 Å². The van der Waals surface area contributed by atoms with Gasteiger partial charge in [0.25, 0.3) is 11.8 Å². The predicted octanol–water partition coefficient (Wildman–Crippen LogP) is 5.34. The zero-order valence-corrected chi connectivity index (χ0v) is 21.6. The zero-order chi connectivity index (χ0) is 28.3. The minimum Gasteiger partial charge on any atom is -0.336 e. The molecule has 4 aromatic rings. The van der Waals surface area contributed by atoms with Gasteiger partial charge in [-0.1, -0.05) is 41.6 Å². The maximum absolute atomic E-state index is 13.0. The van der Waals surface area contributed by atoms with Gasteiger partial charge < -0.3 is 14.7 Å². The fourth-order valence-corrected chi connectivity index (χ4v) is 4.53. The van der Waals surface area contributed by atoms with Gasteiger partial charge in [0.15, 0.2) is 0 Å². The van der Waals surface area contributed by atoms with Crippen molar-refractivity contribution in [2.45, 2.75) is 19.6 Å². The Morgan fingerprint density at radius 3 is 2.35 bits per heavy atom. The number of alkyl halides is 3. The third-order valence-electron chi connectivity index (χ3n) is 6.57. The van der Waals surface area contributed by atoms with Crippen molar-refractivity contribution < 1.29 is 27.3 Å². The second-order valence-electron chi connectivity index (χ2n) is 9.53. The summed E-state index contributed by atoms with van der Waals surface area (Å²) in [5.41, 5.74) is 2.29. The number of nitrogens with zero attached hydrogens (tertiary/aromatic N) is 4. The lowest BCUT2D eigenvalue weighted by Gasteiger charge is -2.34. The van der Waals surface area contributed by atoms with Crippen molar-refractivity contribution in [2.75, 3.05) is 31.5 Å². The van der Waals surface area contributed by atoms with Gasteiger partial charge in [0.05, 0.1) is 5.56 Å². The summed E-state index contributed by atoms with van der Waals surface area (Å²) in [6.45, 7) is 4.72. The first-order valence-electron chi connectivity index (χ1n) is 12.7. The molecule has 1 aliphatic rings. The van der Waals surface area contributed by atoms with E-state index in [0.29, 0.717) is 49.5 Å². The van der Waals surface area contributed by atoms with Gasteiger partial charge >= 0.3 is 6.18 Å². The first-order chi connectivity index (χ1) is 19.2. The Morgan fingerprint density at radius 1 is 0.925 bits per heavy atom. The summed E-state index contributed by atoms with van der Waals surface area (Å²) < 4.78 is 44.3. The average Bonchev–Trinajstić information content (AvgIpc) is 3.43. The van der Waals surface area contributed by atoms with Crippen molar-refractivity contribution in [2.24, 2.45) is 0 Å².